The van der Waals surface area contributed by atoms with Gasteiger partial charge in [-0.2, -0.15) is 0 Å². The van der Waals surface area contributed by atoms with Crippen LogP contribution in [0.5, 0.6) is 0 Å². The molecular formula is C20H20ClF. The van der Waals surface area contributed by atoms with Crippen LogP contribution in [0.3, 0.4) is 0 Å². The third kappa shape index (κ3) is 2.96. The van der Waals surface area contributed by atoms with Crippen LogP contribution in [0.1, 0.15) is 37.3 Å². The van der Waals surface area contributed by atoms with Crippen LogP contribution in [0, 0.1) is 18.7 Å². The first kappa shape index (κ1) is 15.3. The molecule has 0 saturated carbocycles. The second-order valence-corrected chi connectivity index (χ2v) is 6.64. The van der Waals surface area contributed by atoms with Crippen LogP contribution in [0.25, 0.3) is 16.7 Å². The molecule has 0 bridgehead atoms. The fourth-order valence-electron chi connectivity index (χ4n) is 2.96. The van der Waals surface area contributed by atoms with Crippen LogP contribution in [-0.2, 0) is 0 Å². The number of halogens is 2. The van der Waals surface area contributed by atoms with E-state index in [1.165, 1.54) is 5.57 Å². The fraction of sp³-hybridized carbons (Fsp3) is 0.300. The zero-order valence-electron chi connectivity index (χ0n) is 13.0. The number of hydrogen-bond donors (Lipinski definition) is 0. The molecule has 0 fully saturated rings. The lowest BCUT2D eigenvalue weighted by Gasteiger charge is -2.20. The van der Waals surface area contributed by atoms with Crippen molar-refractivity contribution in [3.63, 3.8) is 0 Å². The molecule has 2 aromatic rings. The first-order chi connectivity index (χ1) is 10.6. The Morgan fingerprint density at radius 1 is 1.05 bits per heavy atom. The van der Waals surface area contributed by atoms with E-state index < -0.39 is 0 Å². The van der Waals surface area contributed by atoms with Crippen LogP contribution in [0.2, 0.25) is 5.02 Å². The molecule has 22 heavy (non-hydrogen) atoms. The fourth-order valence-corrected chi connectivity index (χ4v) is 3.25. The lowest BCUT2D eigenvalue weighted by molar-refractivity contribution is 0.533. The van der Waals surface area contributed by atoms with Crippen molar-refractivity contribution >= 4 is 17.2 Å². The number of rotatable bonds is 2. The molecule has 1 unspecified atom stereocenters. The number of allylic oxidation sites excluding steroid dienone is 2. The summed E-state index contributed by atoms with van der Waals surface area (Å²) < 4.78 is 14.7. The third-order valence-corrected chi connectivity index (χ3v) is 4.83. The molecule has 1 atom stereocenters. The van der Waals surface area contributed by atoms with Crippen molar-refractivity contribution in [2.24, 2.45) is 5.92 Å². The first-order valence-corrected chi connectivity index (χ1v) is 8.18. The number of benzene rings is 2. The van der Waals surface area contributed by atoms with E-state index in [2.05, 4.69) is 13.0 Å². The van der Waals surface area contributed by atoms with Gasteiger partial charge in [-0.15, -0.1) is 0 Å². The minimum Gasteiger partial charge on any atom is -0.205 e. The Morgan fingerprint density at radius 2 is 1.73 bits per heavy atom. The third-order valence-electron chi connectivity index (χ3n) is 4.46. The van der Waals surface area contributed by atoms with Crippen molar-refractivity contribution in [1.29, 1.82) is 0 Å². The van der Waals surface area contributed by atoms with Crippen molar-refractivity contribution in [2.75, 3.05) is 0 Å². The van der Waals surface area contributed by atoms with Gasteiger partial charge >= 0.3 is 0 Å². The van der Waals surface area contributed by atoms with E-state index >= 15 is 0 Å². The van der Waals surface area contributed by atoms with Gasteiger partial charge in [-0.25, -0.2) is 4.39 Å². The predicted molar refractivity (Wildman–Crippen MR) is 92.6 cm³/mol. The number of aryl methyl sites for hydroxylation is 1. The van der Waals surface area contributed by atoms with E-state index in [1.54, 1.807) is 0 Å². The summed E-state index contributed by atoms with van der Waals surface area (Å²) in [6.07, 6.45) is 5.38. The molecule has 1 aliphatic rings. The summed E-state index contributed by atoms with van der Waals surface area (Å²) in [6, 6.07) is 11.7. The van der Waals surface area contributed by atoms with Crippen molar-refractivity contribution in [2.45, 2.75) is 33.1 Å². The van der Waals surface area contributed by atoms with Crippen molar-refractivity contribution in [1.82, 2.24) is 0 Å². The normalized spacial score (nSPS) is 18.2. The standard InChI is InChI=1S/C20H20ClF/c1-13-3-7-15(8-4-13)17-11-12-18(20(22)19(17)21)16-9-5-14(2)6-10-16/h5-7,9-13H,3-4,8H2,1-2H3. The molecule has 0 amide bonds. The summed E-state index contributed by atoms with van der Waals surface area (Å²) >= 11 is 6.33. The quantitative estimate of drug-likeness (QED) is 0.581. The lowest BCUT2D eigenvalue weighted by Crippen LogP contribution is -2.02. The molecule has 0 nitrogen and oxygen atoms in total. The molecule has 0 heterocycles. The van der Waals surface area contributed by atoms with Crippen LogP contribution in [-0.4, -0.2) is 0 Å². The minimum absolute atomic E-state index is 0.249. The minimum atomic E-state index is -0.317. The van der Waals surface area contributed by atoms with Crippen molar-refractivity contribution < 1.29 is 4.39 Å². The molecule has 0 radical (unpaired) electrons. The van der Waals surface area contributed by atoms with Crippen LogP contribution < -0.4 is 0 Å². The van der Waals surface area contributed by atoms with Crippen LogP contribution in [0.4, 0.5) is 4.39 Å². The van der Waals surface area contributed by atoms with Gasteiger partial charge < -0.3 is 0 Å². The maximum atomic E-state index is 14.7. The highest BCUT2D eigenvalue weighted by Crippen LogP contribution is 2.37. The topological polar surface area (TPSA) is 0 Å². The Balaban J connectivity index is 2.00. The van der Waals surface area contributed by atoms with E-state index in [9.17, 15) is 4.39 Å². The molecule has 2 heteroatoms. The molecule has 3 rings (SSSR count). The molecule has 2 aromatic carbocycles. The van der Waals surface area contributed by atoms with Crippen LogP contribution >= 0.6 is 11.6 Å². The predicted octanol–water partition coefficient (Wildman–Crippen LogP) is 6.66. The largest absolute Gasteiger partial charge is 0.205 e. The van der Waals surface area contributed by atoms with E-state index in [4.69, 9.17) is 11.6 Å². The Hall–Kier alpha value is -1.60. The van der Waals surface area contributed by atoms with Gasteiger partial charge in [-0.05, 0) is 48.8 Å². The molecule has 1 aliphatic carbocycles. The van der Waals surface area contributed by atoms with E-state index in [1.807, 2.05) is 43.3 Å². The Morgan fingerprint density at radius 3 is 2.36 bits per heavy atom. The van der Waals surface area contributed by atoms with E-state index in [-0.39, 0.29) is 10.8 Å². The van der Waals surface area contributed by atoms with Gasteiger partial charge in [0.2, 0.25) is 0 Å². The summed E-state index contributed by atoms with van der Waals surface area (Å²) in [5.74, 6) is 0.391. The van der Waals surface area contributed by atoms with Crippen molar-refractivity contribution in [3.05, 3.63) is 64.4 Å². The zero-order valence-corrected chi connectivity index (χ0v) is 13.8. The highest BCUT2D eigenvalue weighted by atomic mass is 35.5. The van der Waals surface area contributed by atoms with E-state index in [0.29, 0.717) is 11.5 Å². The molecule has 114 valence electrons. The smallest absolute Gasteiger partial charge is 0.150 e. The van der Waals surface area contributed by atoms with Gasteiger partial charge in [0, 0.05) is 5.56 Å². The zero-order chi connectivity index (χ0) is 15.7. The summed E-state index contributed by atoms with van der Waals surface area (Å²) in [4.78, 5) is 0. The van der Waals surface area contributed by atoms with E-state index in [0.717, 1.165) is 36.0 Å². The number of hydrogen-bond acceptors (Lipinski definition) is 0. The van der Waals surface area contributed by atoms with Crippen LogP contribution in [0.15, 0.2) is 42.5 Å². The summed E-state index contributed by atoms with van der Waals surface area (Å²) in [5.41, 5.74) is 4.62. The molecular weight excluding hydrogens is 295 g/mol. The maximum absolute atomic E-state index is 14.7. The summed E-state index contributed by atoms with van der Waals surface area (Å²) in [6.45, 7) is 4.27. The van der Waals surface area contributed by atoms with Gasteiger partial charge in [0.1, 0.15) is 5.82 Å². The van der Waals surface area contributed by atoms with Gasteiger partial charge in [-0.3, -0.25) is 0 Å². The lowest BCUT2D eigenvalue weighted by atomic mass is 9.87. The van der Waals surface area contributed by atoms with Gasteiger partial charge in [0.05, 0.1) is 5.02 Å². The molecule has 0 saturated heterocycles. The van der Waals surface area contributed by atoms with Gasteiger partial charge in [0.15, 0.2) is 0 Å². The Kier molecular flexibility index (Phi) is 4.35. The second-order valence-electron chi connectivity index (χ2n) is 6.26. The Labute approximate surface area is 136 Å². The summed E-state index contributed by atoms with van der Waals surface area (Å²) in [5, 5.41) is 0.249. The summed E-state index contributed by atoms with van der Waals surface area (Å²) in [7, 11) is 0. The molecule has 0 N–H and O–H groups in total. The monoisotopic (exact) mass is 314 g/mol. The van der Waals surface area contributed by atoms with Gasteiger partial charge in [0.25, 0.3) is 0 Å². The molecule has 0 aromatic heterocycles. The maximum Gasteiger partial charge on any atom is 0.150 e. The highest BCUT2D eigenvalue weighted by molar-refractivity contribution is 6.32. The highest BCUT2D eigenvalue weighted by Gasteiger charge is 2.18. The SMILES string of the molecule is Cc1ccc(-c2ccc(C3=CCC(C)CC3)c(Cl)c2F)cc1. The average Bonchev–Trinajstić information content (AvgIpc) is 2.52. The van der Waals surface area contributed by atoms with Gasteiger partial charge in [-0.1, -0.05) is 66.6 Å². The first-order valence-electron chi connectivity index (χ1n) is 7.80. The molecule has 0 aliphatic heterocycles. The average molecular weight is 315 g/mol. The Bertz CT molecular complexity index is 713. The second kappa shape index (κ2) is 6.26. The van der Waals surface area contributed by atoms with Crippen molar-refractivity contribution in [3.8, 4) is 11.1 Å². The molecule has 0 spiro atoms.